The Balaban J connectivity index is 2.37. The molecular formula is C19H14O4. The molecule has 1 aromatic heterocycles. The summed E-state index contributed by atoms with van der Waals surface area (Å²) in [7, 11) is 0. The van der Waals surface area contributed by atoms with E-state index < -0.39 is 6.61 Å². The number of carbonyl (C=O) groups excluding carboxylic acids is 1. The van der Waals surface area contributed by atoms with E-state index in [0.717, 1.165) is 0 Å². The predicted octanol–water partition coefficient (Wildman–Crippen LogP) is 3.28. The summed E-state index contributed by atoms with van der Waals surface area (Å²) >= 11 is 0. The zero-order chi connectivity index (χ0) is 16.2. The van der Waals surface area contributed by atoms with E-state index in [4.69, 9.17) is 4.42 Å². The lowest BCUT2D eigenvalue weighted by molar-refractivity contribution is 0.109. The van der Waals surface area contributed by atoms with Crippen molar-refractivity contribution in [1.29, 1.82) is 0 Å². The van der Waals surface area contributed by atoms with Gasteiger partial charge in [0.05, 0.1) is 11.1 Å². The van der Waals surface area contributed by atoms with Gasteiger partial charge in [-0.1, -0.05) is 60.7 Å². The fraction of sp³-hybridized carbons (Fsp3) is 0.0526. The van der Waals surface area contributed by atoms with Crippen LogP contribution in [0.2, 0.25) is 0 Å². The number of aliphatic hydroxyl groups is 1. The average Bonchev–Trinajstić information content (AvgIpc) is 2.62. The average molecular weight is 306 g/mol. The minimum Gasteiger partial charge on any atom is -0.454 e. The Hall–Kier alpha value is -2.98. The van der Waals surface area contributed by atoms with Crippen LogP contribution in [0.5, 0.6) is 0 Å². The van der Waals surface area contributed by atoms with Gasteiger partial charge >= 0.3 is 0 Å². The topological polar surface area (TPSA) is 67.5 Å². The van der Waals surface area contributed by atoms with Crippen molar-refractivity contribution in [1.82, 2.24) is 0 Å². The van der Waals surface area contributed by atoms with Gasteiger partial charge in [-0.3, -0.25) is 9.59 Å². The third-order valence-electron chi connectivity index (χ3n) is 3.59. The molecule has 0 unspecified atom stereocenters. The van der Waals surface area contributed by atoms with Crippen molar-refractivity contribution < 1.29 is 14.3 Å². The molecule has 0 atom stereocenters. The van der Waals surface area contributed by atoms with Crippen molar-refractivity contribution in [3.8, 4) is 22.3 Å². The molecule has 0 aliphatic heterocycles. The highest BCUT2D eigenvalue weighted by Gasteiger charge is 2.20. The van der Waals surface area contributed by atoms with Crippen LogP contribution in [0.15, 0.2) is 69.9 Å². The van der Waals surface area contributed by atoms with Crippen LogP contribution >= 0.6 is 0 Å². The largest absolute Gasteiger partial charge is 0.454 e. The summed E-state index contributed by atoms with van der Waals surface area (Å²) in [5, 5.41) is 9.54. The number of benzene rings is 2. The summed E-state index contributed by atoms with van der Waals surface area (Å²) in [5.74, 6) is 0.00733. The quantitative estimate of drug-likeness (QED) is 0.751. The van der Waals surface area contributed by atoms with Gasteiger partial charge in [-0.25, -0.2) is 0 Å². The monoisotopic (exact) mass is 306 g/mol. The Morgan fingerprint density at radius 2 is 1.39 bits per heavy atom. The molecule has 4 nitrogen and oxygen atoms in total. The van der Waals surface area contributed by atoms with E-state index in [1.807, 2.05) is 12.1 Å². The van der Waals surface area contributed by atoms with Gasteiger partial charge in [0.15, 0.2) is 12.0 Å². The van der Waals surface area contributed by atoms with Gasteiger partial charge in [0.2, 0.25) is 5.43 Å². The molecule has 4 heteroatoms. The van der Waals surface area contributed by atoms with E-state index in [0.29, 0.717) is 17.4 Å². The third-order valence-corrected chi connectivity index (χ3v) is 3.59. The minimum absolute atomic E-state index is 0.0788. The van der Waals surface area contributed by atoms with E-state index in [1.54, 1.807) is 48.5 Å². The van der Waals surface area contributed by atoms with Crippen molar-refractivity contribution >= 4 is 6.29 Å². The van der Waals surface area contributed by atoms with Crippen molar-refractivity contribution in [3.05, 3.63) is 82.4 Å². The van der Waals surface area contributed by atoms with Crippen molar-refractivity contribution in [2.75, 3.05) is 0 Å². The first-order valence-corrected chi connectivity index (χ1v) is 7.13. The molecule has 114 valence electrons. The van der Waals surface area contributed by atoms with Crippen LogP contribution in [0, 0.1) is 0 Å². The van der Waals surface area contributed by atoms with E-state index >= 15 is 0 Å². The number of carbonyl (C=O) groups is 1. The molecule has 1 N–H and O–H groups in total. The number of hydrogen-bond acceptors (Lipinski definition) is 4. The van der Waals surface area contributed by atoms with E-state index in [9.17, 15) is 14.7 Å². The summed E-state index contributed by atoms with van der Waals surface area (Å²) in [6.45, 7) is -0.463. The number of rotatable bonds is 4. The van der Waals surface area contributed by atoms with Crippen LogP contribution in [-0.2, 0) is 6.61 Å². The molecule has 0 radical (unpaired) electrons. The number of aliphatic hydroxyl groups excluding tert-OH is 1. The molecular weight excluding hydrogens is 292 g/mol. The minimum atomic E-state index is -0.463. The first kappa shape index (κ1) is 14.9. The van der Waals surface area contributed by atoms with E-state index in [2.05, 4.69) is 0 Å². The van der Waals surface area contributed by atoms with Gasteiger partial charge in [0, 0.05) is 0 Å². The number of hydrogen-bond donors (Lipinski definition) is 1. The van der Waals surface area contributed by atoms with E-state index in [1.165, 1.54) is 0 Å². The molecule has 0 saturated carbocycles. The zero-order valence-corrected chi connectivity index (χ0v) is 12.2. The van der Waals surface area contributed by atoms with Gasteiger partial charge in [-0.15, -0.1) is 0 Å². The molecule has 0 spiro atoms. The molecule has 0 bridgehead atoms. The molecule has 23 heavy (non-hydrogen) atoms. The van der Waals surface area contributed by atoms with Gasteiger partial charge in [0.1, 0.15) is 12.4 Å². The summed E-state index contributed by atoms with van der Waals surface area (Å²) in [5.41, 5.74) is 1.39. The Morgan fingerprint density at radius 1 is 0.870 bits per heavy atom. The number of aldehydes is 1. The van der Waals surface area contributed by atoms with Crippen LogP contribution in [0.4, 0.5) is 0 Å². The van der Waals surface area contributed by atoms with Crippen LogP contribution < -0.4 is 5.43 Å². The summed E-state index contributed by atoms with van der Waals surface area (Å²) in [4.78, 5) is 24.4. The van der Waals surface area contributed by atoms with E-state index in [-0.39, 0.29) is 28.1 Å². The SMILES string of the molecule is O=Cc1oc(CO)c(-c2ccccc2)c(=O)c1-c1ccccc1. The molecule has 0 aliphatic rings. The smallest absolute Gasteiger partial charge is 0.201 e. The summed E-state index contributed by atoms with van der Waals surface area (Å²) in [6, 6.07) is 17.8. The first-order chi connectivity index (χ1) is 11.3. The molecule has 0 saturated heterocycles. The first-order valence-electron chi connectivity index (χ1n) is 7.13. The highest BCUT2D eigenvalue weighted by atomic mass is 16.4. The lowest BCUT2D eigenvalue weighted by Crippen LogP contribution is -2.14. The fourth-order valence-electron chi connectivity index (χ4n) is 2.57. The maximum Gasteiger partial charge on any atom is 0.201 e. The second-order valence-electron chi connectivity index (χ2n) is 4.98. The van der Waals surface area contributed by atoms with Crippen molar-refractivity contribution in [3.63, 3.8) is 0 Å². The Bertz CT molecular complexity index is 880. The molecule has 0 amide bonds. The van der Waals surface area contributed by atoms with Crippen LogP contribution in [-0.4, -0.2) is 11.4 Å². The molecule has 0 aliphatic carbocycles. The van der Waals surface area contributed by atoms with Crippen molar-refractivity contribution in [2.45, 2.75) is 6.61 Å². The Labute approximate surface area is 132 Å². The standard InChI is InChI=1S/C19H14O4/c20-11-15-17(13-7-3-1-4-8-13)19(22)18(16(12-21)23-15)14-9-5-2-6-10-14/h1-11,21H,12H2. The highest BCUT2D eigenvalue weighted by Crippen LogP contribution is 2.27. The Morgan fingerprint density at radius 3 is 1.87 bits per heavy atom. The molecule has 2 aromatic carbocycles. The lowest BCUT2D eigenvalue weighted by Gasteiger charge is -2.11. The van der Waals surface area contributed by atoms with Gasteiger partial charge in [0.25, 0.3) is 0 Å². The van der Waals surface area contributed by atoms with Crippen LogP contribution in [0.1, 0.15) is 16.3 Å². The summed E-state index contributed by atoms with van der Waals surface area (Å²) < 4.78 is 5.51. The second kappa shape index (κ2) is 6.42. The van der Waals surface area contributed by atoms with Gasteiger partial charge in [-0.05, 0) is 11.1 Å². The van der Waals surface area contributed by atoms with Crippen LogP contribution in [0.25, 0.3) is 22.3 Å². The molecule has 3 aromatic rings. The molecule has 0 fully saturated rings. The van der Waals surface area contributed by atoms with Gasteiger partial charge < -0.3 is 9.52 Å². The predicted molar refractivity (Wildman–Crippen MR) is 87.2 cm³/mol. The highest BCUT2D eigenvalue weighted by molar-refractivity contribution is 5.86. The van der Waals surface area contributed by atoms with Crippen LogP contribution in [0.3, 0.4) is 0 Å². The third kappa shape index (κ3) is 2.72. The zero-order valence-electron chi connectivity index (χ0n) is 12.2. The van der Waals surface area contributed by atoms with Gasteiger partial charge in [-0.2, -0.15) is 0 Å². The lowest BCUT2D eigenvalue weighted by atomic mass is 9.97. The second-order valence-corrected chi connectivity index (χ2v) is 4.98. The summed E-state index contributed by atoms with van der Waals surface area (Å²) in [6.07, 6.45) is 0.498. The maximum atomic E-state index is 13.0. The maximum absolute atomic E-state index is 13.0. The fourth-order valence-corrected chi connectivity index (χ4v) is 2.57. The van der Waals surface area contributed by atoms with Crippen molar-refractivity contribution in [2.24, 2.45) is 0 Å². The molecule has 3 rings (SSSR count). The normalized spacial score (nSPS) is 10.5. The Kier molecular flexibility index (Phi) is 4.17. The molecule has 1 heterocycles.